The number of aromatic nitrogens is 3. The molecule has 1 fully saturated rings. The lowest BCUT2D eigenvalue weighted by Crippen LogP contribution is -2.38. The number of nitrogens with zero attached hydrogens (tertiary/aromatic N) is 4. The van der Waals surface area contributed by atoms with Crippen molar-refractivity contribution in [2.45, 2.75) is 33.2 Å². The molecule has 7 nitrogen and oxygen atoms in total. The Bertz CT molecular complexity index is 770. The van der Waals surface area contributed by atoms with Gasteiger partial charge < -0.3 is 4.74 Å². The third-order valence-electron chi connectivity index (χ3n) is 3.90. The molecule has 124 valence electrons. The van der Waals surface area contributed by atoms with Gasteiger partial charge in [-0.3, -0.25) is 14.5 Å². The maximum absolute atomic E-state index is 11.9. The van der Waals surface area contributed by atoms with E-state index in [-0.39, 0.29) is 17.4 Å². The molecule has 1 atom stereocenters. The van der Waals surface area contributed by atoms with Crippen LogP contribution < -0.4 is 5.56 Å². The van der Waals surface area contributed by atoms with Gasteiger partial charge in [-0.15, -0.1) is 0 Å². The van der Waals surface area contributed by atoms with Crippen molar-refractivity contribution in [1.29, 1.82) is 0 Å². The van der Waals surface area contributed by atoms with E-state index in [0.29, 0.717) is 30.4 Å². The van der Waals surface area contributed by atoms with Gasteiger partial charge in [0, 0.05) is 18.3 Å². The number of hydrogen-bond donors (Lipinski definition) is 0. The number of piperidine rings is 1. The van der Waals surface area contributed by atoms with Gasteiger partial charge in [-0.2, -0.15) is 9.61 Å². The zero-order valence-electron chi connectivity index (χ0n) is 13.3. The molecule has 0 N–H and O–H groups in total. The Balaban J connectivity index is 1.73. The molecule has 0 radical (unpaired) electrons. The van der Waals surface area contributed by atoms with Gasteiger partial charge in [0.05, 0.1) is 19.1 Å². The Morgan fingerprint density at radius 3 is 3.13 bits per heavy atom. The maximum Gasteiger partial charge on any atom is 0.310 e. The van der Waals surface area contributed by atoms with Gasteiger partial charge >= 0.3 is 5.97 Å². The number of hydrogen-bond acceptors (Lipinski definition) is 7. The lowest BCUT2D eigenvalue weighted by Gasteiger charge is -2.30. The second-order valence-electron chi connectivity index (χ2n) is 5.75. The van der Waals surface area contributed by atoms with E-state index in [9.17, 15) is 9.59 Å². The molecule has 1 saturated heterocycles. The summed E-state index contributed by atoms with van der Waals surface area (Å²) in [7, 11) is 0. The molecule has 2 aromatic rings. The van der Waals surface area contributed by atoms with Crippen LogP contribution in [-0.2, 0) is 16.1 Å². The Hall–Kier alpha value is -1.80. The second-order valence-corrected chi connectivity index (χ2v) is 6.79. The second kappa shape index (κ2) is 6.76. The molecular formula is C15H20N4O3S. The number of carbonyl (C=O) groups is 1. The molecule has 1 aliphatic rings. The van der Waals surface area contributed by atoms with Crippen molar-refractivity contribution in [3.63, 3.8) is 0 Å². The average molecular weight is 336 g/mol. The van der Waals surface area contributed by atoms with E-state index in [1.165, 1.54) is 21.9 Å². The molecule has 1 aliphatic heterocycles. The van der Waals surface area contributed by atoms with Gasteiger partial charge in [0.2, 0.25) is 4.96 Å². The summed E-state index contributed by atoms with van der Waals surface area (Å²) >= 11 is 1.42. The Kier molecular flexibility index (Phi) is 4.72. The summed E-state index contributed by atoms with van der Waals surface area (Å²) in [6, 6.07) is 1.48. The summed E-state index contributed by atoms with van der Waals surface area (Å²) < 4.78 is 6.47. The van der Waals surface area contributed by atoms with Crippen molar-refractivity contribution in [3.8, 4) is 0 Å². The lowest BCUT2D eigenvalue weighted by atomic mass is 9.98. The first-order chi connectivity index (χ1) is 11.1. The van der Waals surface area contributed by atoms with Crippen LogP contribution in [0.25, 0.3) is 4.96 Å². The smallest absolute Gasteiger partial charge is 0.310 e. The number of likely N-dealkylation sites (tertiary alicyclic amines) is 1. The number of aryl methyl sites for hydroxylation is 1. The third kappa shape index (κ3) is 3.59. The molecule has 8 heteroatoms. The molecule has 3 rings (SSSR count). The fraction of sp³-hybridized carbons (Fsp3) is 0.600. The minimum Gasteiger partial charge on any atom is -0.466 e. The van der Waals surface area contributed by atoms with Gasteiger partial charge in [0.1, 0.15) is 5.01 Å². The lowest BCUT2D eigenvalue weighted by molar-refractivity contribution is -0.150. The molecule has 0 saturated carbocycles. The fourth-order valence-corrected chi connectivity index (χ4v) is 3.85. The van der Waals surface area contributed by atoms with E-state index in [4.69, 9.17) is 4.74 Å². The first kappa shape index (κ1) is 16.1. The van der Waals surface area contributed by atoms with E-state index in [1.54, 1.807) is 6.92 Å². The zero-order valence-corrected chi connectivity index (χ0v) is 14.1. The Morgan fingerprint density at radius 1 is 1.52 bits per heavy atom. The van der Waals surface area contributed by atoms with Crippen molar-refractivity contribution in [1.82, 2.24) is 19.5 Å². The Morgan fingerprint density at radius 2 is 2.35 bits per heavy atom. The van der Waals surface area contributed by atoms with Crippen LogP contribution in [0.4, 0.5) is 0 Å². The SMILES string of the molecule is CCOC(=O)C1CCCN(Cc2nn3c(=O)cc(C)nc3s2)C1. The van der Waals surface area contributed by atoms with Gasteiger partial charge in [-0.05, 0) is 33.2 Å². The standard InChI is InChI=1S/C15H20N4O3S/c1-3-22-14(21)11-5-4-6-18(8-11)9-12-17-19-13(20)7-10(2)16-15(19)23-12/h7,11H,3-6,8-9H2,1-2H3. The average Bonchev–Trinajstić information content (AvgIpc) is 2.90. The molecular weight excluding hydrogens is 316 g/mol. The monoisotopic (exact) mass is 336 g/mol. The van der Waals surface area contributed by atoms with E-state index in [1.807, 2.05) is 6.92 Å². The van der Waals surface area contributed by atoms with Crippen molar-refractivity contribution >= 4 is 22.3 Å². The number of rotatable bonds is 4. The van der Waals surface area contributed by atoms with Crippen LogP contribution >= 0.6 is 11.3 Å². The van der Waals surface area contributed by atoms with E-state index in [2.05, 4.69) is 15.0 Å². The number of fused-ring (bicyclic) bond motifs is 1. The van der Waals surface area contributed by atoms with E-state index in [0.717, 1.165) is 24.4 Å². The highest BCUT2D eigenvalue weighted by molar-refractivity contribution is 7.16. The predicted molar refractivity (Wildman–Crippen MR) is 86.5 cm³/mol. The van der Waals surface area contributed by atoms with Crippen LogP contribution in [0.1, 0.15) is 30.5 Å². The van der Waals surface area contributed by atoms with E-state index >= 15 is 0 Å². The highest BCUT2D eigenvalue weighted by atomic mass is 32.1. The number of carbonyl (C=O) groups excluding carboxylic acids is 1. The van der Waals surface area contributed by atoms with Crippen molar-refractivity contribution in [2.24, 2.45) is 5.92 Å². The predicted octanol–water partition coefficient (Wildman–Crippen LogP) is 1.23. The normalized spacial score (nSPS) is 19.1. The summed E-state index contributed by atoms with van der Waals surface area (Å²) in [5, 5.41) is 5.19. The van der Waals surface area contributed by atoms with Crippen LogP contribution in [0.15, 0.2) is 10.9 Å². The summed E-state index contributed by atoms with van der Waals surface area (Å²) in [5.41, 5.74) is 0.545. The van der Waals surface area contributed by atoms with Gasteiger partial charge in [-0.25, -0.2) is 4.98 Å². The van der Waals surface area contributed by atoms with Crippen molar-refractivity contribution < 1.29 is 9.53 Å². The topological polar surface area (TPSA) is 76.8 Å². The molecule has 1 unspecified atom stereocenters. The third-order valence-corrected chi connectivity index (χ3v) is 4.79. The molecule has 2 aromatic heterocycles. The van der Waals surface area contributed by atoms with E-state index < -0.39 is 0 Å². The molecule has 0 bridgehead atoms. The minimum atomic E-state index is -0.155. The van der Waals surface area contributed by atoms with Gasteiger partial charge in [-0.1, -0.05) is 11.3 Å². The van der Waals surface area contributed by atoms with Crippen LogP contribution in [0.3, 0.4) is 0 Å². The van der Waals surface area contributed by atoms with Gasteiger partial charge in [0.15, 0.2) is 0 Å². The zero-order chi connectivity index (χ0) is 16.4. The van der Waals surface area contributed by atoms with Gasteiger partial charge in [0.25, 0.3) is 5.56 Å². The van der Waals surface area contributed by atoms with Crippen LogP contribution in [0.5, 0.6) is 0 Å². The molecule has 0 spiro atoms. The summed E-state index contributed by atoms with van der Waals surface area (Å²) in [6.45, 7) is 6.27. The summed E-state index contributed by atoms with van der Waals surface area (Å²) in [4.78, 5) is 31.0. The Labute approximate surface area is 137 Å². The highest BCUT2D eigenvalue weighted by Gasteiger charge is 2.27. The first-order valence-electron chi connectivity index (χ1n) is 7.82. The molecule has 0 amide bonds. The summed E-state index contributed by atoms with van der Waals surface area (Å²) in [6.07, 6.45) is 1.83. The molecule has 0 aliphatic carbocycles. The summed E-state index contributed by atoms with van der Waals surface area (Å²) in [5.74, 6) is -0.184. The van der Waals surface area contributed by atoms with Crippen LogP contribution in [0.2, 0.25) is 0 Å². The molecule has 0 aromatic carbocycles. The molecule has 3 heterocycles. The van der Waals surface area contributed by atoms with Crippen LogP contribution in [0, 0.1) is 12.8 Å². The molecule has 23 heavy (non-hydrogen) atoms. The van der Waals surface area contributed by atoms with Crippen molar-refractivity contribution in [2.75, 3.05) is 19.7 Å². The maximum atomic E-state index is 11.9. The van der Waals surface area contributed by atoms with Crippen LogP contribution in [-0.4, -0.2) is 45.2 Å². The fourth-order valence-electron chi connectivity index (χ4n) is 2.87. The largest absolute Gasteiger partial charge is 0.466 e. The highest BCUT2D eigenvalue weighted by Crippen LogP contribution is 2.21. The van der Waals surface area contributed by atoms with Crippen molar-refractivity contribution in [3.05, 3.63) is 27.1 Å². The minimum absolute atomic E-state index is 0.0684. The number of esters is 1. The first-order valence-corrected chi connectivity index (χ1v) is 8.64. The quantitative estimate of drug-likeness (QED) is 0.782. The number of ether oxygens (including phenoxy) is 1.